The van der Waals surface area contributed by atoms with E-state index in [2.05, 4.69) is 18.3 Å². The zero-order chi connectivity index (χ0) is 14.9. The molecule has 0 aliphatic heterocycles. The third-order valence-electron chi connectivity index (χ3n) is 3.88. The Labute approximate surface area is 124 Å². The molecule has 0 spiro atoms. The lowest BCUT2D eigenvalue weighted by Gasteiger charge is -2.17. The van der Waals surface area contributed by atoms with Crippen molar-refractivity contribution in [3.63, 3.8) is 0 Å². The van der Waals surface area contributed by atoms with Crippen molar-refractivity contribution in [2.24, 2.45) is 17.6 Å². The van der Waals surface area contributed by atoms with E-state index in [0.29, 0.717) is 16.5 Å². The summed E-state index contributed by atoms with van der Waals surface area (Å²) in [5.41, 5.74) is 7.62. The van der Waals surface area contributed by atoms with Crippen molar-refractivity contribution in [2.45, 2.75) is 46.1 Å². The third-order valence-corrected chi connectivity index (χ3v) is 5.05. The smallest absolute Gasteiger partial charge is 0.242 e. The number of rotatable bonds is 3. The number of amides is 1. The summed E-state index contributed by atoms with van der Waals surface area (Å²) in [6.45, 7) is 6.05. The molecular formula is C15H21N3OS. The maximum Gasteiger partial charge on any atom is 0.242 e. The van der Waals surface area contributed by atoms with Crippen LogP contribution in [0.5, 0.6) is 0 Å². The Balaban J connectivity index is 2.25. The van der Waals surface area contributed by atoms with Crippen LogP contribution in [-0.2, 0) is 17.6 Å². The van der Waals surface area contributed by atoms with Gasteiger partial charge in [0, 0.05) is 4.88 Å². The predicted molar refractivity (Wildman–Crippen MR) is 81.7 cm³/mol. The first-order valence-corrected chi connectivity index (χ1v) is 7.86. The number of hydrogen-bond acceptors (Lipinski definition) is 4. The van der Waals surface area contributed by atoms with Crippen molar-refractivity contribution in [1.82, 2.24) is 0 Å². The minimum atomic E-state index is -0.542. The van der Waals surface area contributed by atoms with Crippen molar-refractivity contribution >= 4 is 22.2 Å². The molecule has 0 radical (unpaired) electrons. The third kappa shape index (κ3) is 2.87. The molecule has 0 aromatic carbocycles. The van der Waals surface area contributed by atoms with Gasteiger partial charge in [-0.1, -0.05) is 20.8 Å². The first-order valence-electron chi connectivity index (χ1n) is 7.05. The highest BCUT2D eigenvalue weighted by Gasteiger charge is 2.26. The lowest BCUT2D eigenvalue weighted by Crippen LogP contribution is -2.39. The van der Waals surface area contributed by atoms with Crippen molar-refractivity contribution in [1.29, 1.82) is 5.26 Å². The number of anilines is 1. The SMILES string of the molecule is CC1CCc2c(sc(NC(=O)[C@H](N)C(C)C)c2C#N)C1. The lowest BCUT2D eigenvalue weighted by molar-refractivity contribution is -0.118. The monoisotopic (exact) mass is 291 g/mol. The summed E-state index contributed by atoms with van der Waals surface area (Å²) in [6.07, 6.45) is 3.04. The first-order chi connectivity index (χ1) is 9.43. The molecule has 4 nitrogen and oxygen atoms in total. The van der Waals surface area contributed by atoms with Crippen molar-refractivity contribution in [2.75, 3.05) is 5.32 Å². The molecule has 0 saturated heterocycles. The highest BCUT2D eigenvalue weighted by atomic mass is 32.1. The molecule has 3 N–H and O–H groups in total. The minimum Gasteiger partial charge on any atom is -0.320 e. The second kappa shape index (κ2) is 5.94. The maximum absolute atomic E-state index is 12.1. The number of nitrogens with two attached hydrogens (primary N) is 1. The van der Waals surface area contributed by atoms with Crippen molar-refractivity contribution < 1.29 is 4.79 Å². The van der Waals surface area contributed by atoms with E-state index in [0.717, 1.165) is 24.8 Å². The Bertz CT molecular complexity index is 556. The molecule has 0 saturated carbocycles. The normalized spacial score (nSPS) is 19.3. The fourth-order valence-corrected chi connectivity index (χ4v) is 3.82. The molecule has 20 heavy (non-hydrogen) atoms. The molecule has 1 aromatic rings. The zero-order valence-corrected chi connectivity index (χ0v) is 13.0. The standard InChI is InChI=1S/C15H21N3OS/c1-8(2)13(17)14(19)18-15-11(7-16)10-5-4-9(3)6-12(10)20-15/h8-9,13H,4-6,17H2,1-3H3,(H,18,19)/t9?,13-/m1/s1. The predicted octanol–water partition coefficient (Wildman–Crippen LogP) is 2.67. The first kappa shape index (κ1) is 15.0. The Morgan fingerprint density at radius 3 is 2.85 bits per heavy atom. The summed E-state index contributed by atoms with van der Waals surface area (Å²) >= 11 is 1.54. The van der Waals surface area contributed by atoms with Crippen LogP contribution < -0.4 is 11.1 Å². The number of thiophene rings is 1. The summed E-state index contributed by atoms with van der Waals surface area (Å²) in [5.74, 6) is 0.521. The van der Waals surface area contributed by atoms with Crippen LogP contribution in [0.3, 0.4) is 0 Å². The van der Waals surface area contributed by atoms with E-state index in [1.807, 2.05) is 13.8 Å². The van der Waals surface area contributed by atoms with E-state index in [9.17, 15) is 10.1 Å². The number of nitrogens with one attached hydrogen (secondary N) is 1. The molecule has 0 fully saturated rings. The Morgan fingerprint density at radius 1 is 1.55 bits per heavy atom. The Morgan fingerprint density at radius 2 is 2.25 bits per heavy atom. The van der Waals surface area contributed by atoms with Gasteiger partial charge in [-0.05, 0) is 36.7 Å². The Kier molecular flexibility index (Phi) is 4.46. The fourth-order valence-electron chi connectivity index (χ4n) is 2.46. The second-order valence-electron chi connectivity index (χ2n) is 5.93. The van der Waals surface area contributed by atoms with Crippen LogP contribution in [0.15, 0.2) is 0 Å². The highest BCUT2D eigenvalue weighted by molar-refractivity contribution is 7.16. The van der Waals surface area contributed by atoms with E-state index in [4.69, 9.17) is 5.73 Å². The van der Waals surface area contributed by atoms with Crippen LogP contribution in [0, 0.1) is 23.2 Å². The molecule has 0 bridgehead atoms. The lowest BCUT2D eigenvalue weighted by atomic mass is 9.88. The van der Waals surface area contributed by atoms with Gasteiger partial charge >= 0.3 is 0 Å². The molecule has 2 rings (SSSR count). The molecule has 1 aliphatic carbocycles. The van der Waals surface area contributed by atoms with Crippen LogP contribution in [-0.4, -0.2) is 11.9 Å². The van der Waals surface area contributed by atoms with E-state index in [1.165, 1.54) is 16.2 Å². The molecule has 108 valence electrons. The summed E-state index contributed by atoms with van der Waals surface area (Å²) in [6, 6.07) is 1.70. The summed E-state index contributed by atoms with van der Waals surface area (Å²) < 4.78 is 0. The van der Waals surface area contributed by atoms with Gasteiger partial charge in [0.15, 0.2) is 0 Å². The molecule has 1 aliphatic rings. The van der Waals surface area contributed by atoms with Gasteiger partial charge in [0.1, 0.15) is 11.1 Å². The van der Waals surface area contributed by atoms with E-state index < -0.39 is 6.04 Å². The van der Waals surface area contributed by atoms with Crippen molar-refractivity contribution in [3.8, 4) is 6.07 Å². The Hall–Kier alpha value is -1.38. The largest absolute Gasteiger partial charge is 0.320 e. The van der Waals surface area contributed by atoms with Gasteiger partial charge in [-0.2, -0.15) is 5.26 Å². The highest BCUT2D eigenvalue weighted by Crippen LogP contribution is 2.39. The molecule has 1 aromatic heterocycles. The molecule has 1 unspecified atom stereocenters. The van der Waals surface area contributed by atoms with Gasteiger partial charge < -0.3 is 11.1 Å². The van der Waals surface area contributed by atoms with Crippen LogP contribution in [0.25, 0.3) is 0 Å². The van der Waals surface area contributed by atoms with E-state index in [1.54, 1.807) is 0 Å². The number of fused-ring (bicyclic) bond motifs is 1. The number of nitriles is 1. The van der Waals surface area contributed by atoms with E-state index >= 15 is 0 Å². The zero-order valence-electron chi connectivity index (χ0n) is 12.2. The van der Waals surface area contributed by atoms with Crippen molar-refractivity contribution in [3.05, 3.63) is 16.0 Å². The topological polar surface area (TPSA) is 78.9 Å². The summed E-state index contributed by atoms with van der Waals surface area (Å²) in [5, 5.41) is 12.9. The average molecular weight is 291 g/mol. The maximum atomic E-state index is 12.1. The van der Waals surface area contributed by atoms with Crippen LogP contribution in [0.2, 0.25) is 0 Å². The molecule has 1 heterocycles. The van der Waals surface area contributed by atoms with Crippen LogP contribution >= 0.6 is 11.3 Å². The summed E-state index contributed by atoms with van der Waals surface area (Å²) in [7, 11) is 0. The van der Waals surface area contributed by atoms with E-state index in [-0.39, 0.29) is 11.8 Å². The number of hydrogen-bond donors (Lipinski definition) is 2. The van der Waals surface area contributed by atoms with Gasteiger partial charge in [-0.3, -0.25) is 4.79 Å². The van der Waals surface area contributed by atoms with Gasteiger partial charge in [-0.25, -0.2) is 0 Å². The quantitative estimate of drug-likeness (QED) is 0.898. The molecular weight excluding hydrogens is 270 g/mol. The average Bonchev–Trinajstić information content (AvgIpc) is 2.73. The number of nitrogens with zero attached hydrogens (tertiary/aromatic N) is 1. The second-order valence-corrected chi connectivity index (χ2v) is 7.03. The van der Waals surface area contributed by atoms with Gasteiger partial charge in [-0.15, -0.1) is 11.3 Å². The molecule has 2 atom stereocenters. The molecule has 1 amide bonds. The minimum absolute atomic E-state index is 0.0788. The molecule has 5 heteroatoms. The van der Waals surface area contributed by atoms with Crippen LogP contribution in [0.1, 0.15) is 43.2 Å². The van der Waals surface area contributed by atoms with Gasteiger partial charge in [0.25, 0.3) is 0 Å². The number of carbonyl (C=O) groups excluding carboxylic acids is 1. The number of carbonyl (C=O) groups is 1. The summed E-state index contributed by atoms with van der Waals surface area (Å²) in [4.78, 5) is 13.3. The van der Waals surface area contributed by atoms with Gasteiger partial charge in [0.05, 0.1) is 11.6 Å². The van der Waals surface area contributed by atoms with Crippen LogP contribution in [0.4, 0.5) is 5.00 Å². The fraction of sp³-hybridized carbons (Fsp3) is 0.600. The van der Waals surface area contributed by atoms with Gasteiger partial charge in [0.2, 0.25) is 5.91 Å².